The Morgan fingerprint density at radius 3 is 2.31 bits per heavy atom. The predicted octanol–water partition coefficient (Wildman–Crippen LogP) is 3.12. The number of phenols is 1. The van der Waals surface area contributed by atoms with Gasteiger partial charge < -0.3 is 9.84 Å². The smallest absolute Gasteiger partial charge is 0.154 e. The van der Waals surface area contributed by atoms with Crippen LogP contribution in [-0.4, -0.2) is 17.5 Å². The van der Waals surface area contributed by atoms with Crippen molar-refractivity contribution in [3.05, 3.63) is 23.3 Å². The lowest BCUT2D eigenvalue weighted by Crippen LogP contribution is -2.07. The highest BCUT2D eigenvalue weighted by Crippen LogP contribution is 2.31. The molecular formula is C13H18O3. The zero-order valence-corrected chi connectivity index (χ0v) is 10.2. The summed E-state index contributed by atoms with van der Waals surface area (Å²) in [5.41, 5.74) is 1.16. The van der Waals surface area contributed by atoms with E-state index in [1.165, 1.54) is 6.07 Å². The summed E-state index contributed by atoms with van der Waals surface area (Å²) >= 11 is 0. The molecule has 0 saturated heterocycles. The number of ether oxygens (including phenoxy) is 1. The minimum atomic E-state index is -0.0168. The van der Waals surface area contributed by atoms with E-state index >= 15 is 0 Å². The molecule has 0 heterocycles. The highest BCUT2D eigenvalue weighted by molar-refractivity contribution is 5.82. The molecule has 1 N–H and O–H groups in total. The Balaban J connectivity index is 3.22. The molecule has 88 valence electrons. The number of rotatable bonds is 4. The summed E-state index contributed by atoms with van der Waals surface area (Å²) in [6, 6.07) is 3.30. The second kappa shape index (κ2) is 5.01. The molecule has 0 unspecified atom stereocenters. The van der Waals surface area contributed by atoms with Crippen molar-refractivity contribution in [2.45, 2.75) is 39.7 Å². The van der Waals surface area contributed by atoms with E-state index in [1.807, 2.05) is 33.8 Å². The number of phenolic OH excluding ortho intramolecular Hbond substituents is 1. The van der Waals surface area contributed by atoms with E-state index in [9.17, 15) is 9.90 Å². The van der Waals surface area contributed by atoms with E-state index in [2.05, 4.69) is 0 Å². The van der Waals surface area contributed by atoms with Crippen LogP contribution in [0.15, 0.2) is 12.1 Å². The highest BCUT2D eigenvalue weighted by atomic mass is 16.5. The molecule has 1 rings (SSSR count). The van der Waals surface area contributed by atoms with E-state index in [1.54, 1.807) is 0 Å². The third kappa shape index (κ3) is 2.75. The summed E-state index contributed by atoms with van der Waals surface area (Å²) in [4.78, 5) is 10.9. The van der Waals surface area contributed by atoms with Gasteiger partial charge in [-0.15, -0.1) is 0 Å². The first kappa shape index (κ1) is 12.6. The molecule has 0 saturated carbocycles. The van der Waals surface area contributed by atoms with Crippen LogP contribution < -0.4 is 4.74 Å². The van der Waals surface area contributed by atoms with Gasteiger partial charge >= 0.3 is 0 Å². The van der Waals surface area contributed by atoms with Crippen molar-refractivity contribution in [3.8, 4) is 11.5 Å². The van der Waals surface area contributed by atoms with Gasteiger partial charge in [-0.05, 0) is 31.4 Å². The molecule has 1 aromatic rings. The number of benzene rings is 1. The van der Waals surface area contributed by atoms with Crippen molar-refractivity contribution >= 4 is 6.29 Å². The number of aldehydes is 1. The SMILES string of the molecule is CC(C)Oc1cc(O)c(C=O)c(C(C)C)c1. The van der Waals surface area contributed by atoms with E-state index in [0.29, 0.717) is 17.6 Å². The van der Waals surface area contributed by atoms with Crippen molar-refractivity contribution in [2.75, 3.05) is 0 Å². The van der Waals surface area contributed by atoms with Crippen LogP contribution in [0, 0.1) is 0 Å². The Kier molecular flexibility index (Phi) is 3.93. The minimum absolute atomic E-state index is 0.0168. The maximum Gasteiger partial charge on any atom is 0.154 e. The van der Waals surface area contributed by atoms with E-state index in [4.69, 9.17) is 4.74 Å². The summed E-state index contributed by atoms with van der Waals surface area (Å²) in [6.45, 7) is 7.78. The molecule has 3 nitrogen and oxygen atoms in total. The molecule has 0 aliphatic heterocycles. The zero-order valence-electron chi connectivity index (χ0n) is 10.2. The number of carbonyl (C=O) groups is 1. The first-order valence-electron chi connectivity index (χ1n) is 5.44. The van der Waals surface area contributed by atoms with Gasteiger partial charge in [0.25, 0.3) is 0 Å². The van der Waals surface area contributed by atoms with Crippen molar-refractivity contribution in [1.29, 1.82) is 0 Å². The fraction of sp³-hybridized carbons (Fsp3) is 0.462. The van der Waals surface area contributed by atoms with Crippen molar-refractivity contribution in [3.63, 3.8) is 0 Å². The normalized spacial score (nSPS) is 10.9. The largest absolute Gasteiger partial charge is 0.507 e. The van der Waals surface area contributed by atoms with Gasteiger partial charge in [0.05, 0.1) is 11.7 Å². The van der Waals surface area contributed by atoms with E-state index in [-0.39, 0.29) is 17.8 Å². The average molecular weight is 222 g/mol. The van der Waals surface area contributed by atoms with Crippen molar-refractivity contribution in [1.82, 2.24) is 0 Å². The van der Waals surface area contributed by atoms with Gasteiger partial charge in [0, 0.05) is 6.07 Å². The predicted molar refractivity (Wildman–Crippen MR) is 63.3 cm³/mol. The Morgan fingerprint density at radius 1 is 1.25 bits per heavy atom. The number of aromatic hydroxyl groups is 1. The molecule has 0 fully saturated rings. The second-order valence-electron chi connectivity index (χ2n) is 4.38. The number of hydrogen-bond acceptors (Lipinski definition) is 3. The summed E-state index contributed by atoms with van der Waals surface area (Å²) in [6.07, 6.45) is 0.727. The Hall–Kier alpha value is -1.51. The van der Waals surface area contributed by atoms with Gasteiger partial charge in [0.15, 0.2) is 6.29 Å². The van der Waals surface area contributed by atoms with E-state index in [0.717, 1.165) is 5.56 Å². The second-order valence-corrected chi connectivity index (χ2v) is 4.38. The minimum Gasteiger partial charge on any atom is -0.507 e. The Labute approximate surface area is 96.1 Å². The van der Waals surface area contributed by atoms with Crippen LogP contribution in [0.1, 0.15) is 49.5 Å². The van der Waals surface area contributed by atoms with Gasteiger partial charge in [-0.3, -0.25) is 4.79 Å². The van der Waals surface area contributed by atoms with Crippen LogP contribution in [0.4, 0.5) is 0 Å². The average Bonchev–Trinajstić information content (AvgIpc) is 2.15. The molecule has 0 aliphatic rings. The Bertz CT molecular complexity index is 381. The molecule has 0 radical (unpaired) electrons. The third-order valence-corrected chi connectivity index (χ3v) is 2.28. The lowest BCUT2D eigenvalue weighted by Gasteiger charge is -2.15. The molecule has 0 atom stereocenters. The van der Waals surface area contributed by atoms with Gasteiger partial charge in [0.1, 0.15) is 11.5 Å². The molecule has 0 aliphatic carbocycles. The van der Waals surface area contributed by atoms with Crippen LogP contribution in [0.5, 0.6) is 11.5 Å². The maximum absolute atomic E-state index is 10.9. The number of carbonyl (C=O) groups excluding carboxylic acids is 1. The molecule has 0 aromatic heterocycles. The van der Waals surface area contributed by atoms with Gasteiger partial charge in [0.2, 0.25) is 0 Å². The van der Waals surface area contributed by atoms with Crippen LogP contribution in [0.3, 0.4) is 0 Å². The molecule has 0 amide bonds. The van der Waals surface area contributed by atoms with E-state index < -0.39 is 0 Å². The standard InChI is InChI=1S/C13H18O3/c1-8(2)11-5-10(16-9(3)4)6-13(15)12(11)7-14/h5-9,15H,1-4H3. The zero-order chi connectivity index (χ0) is 12.3. The molecular weight excluding hydrogens is 204 g/mol. The quantitative estimate of drug-likeness (QED) is 0.796. The molecule has 16 heavy (non-hydrogen) atoms. The van der Waals surface area contributed by atoms with Gasteiger partial charge in [-0.25, -0.2) is 0 Å². The lowest BCUT2D eigenvalue weighted by molar-refractivity contribution is 0.111. The van der Waals surface area contributed by atoms with Crippen LogP contribution in [0.25, 0.3) is 0 Å². The van der Waals surface area contributed by atoms with Crippen LogP contribution in [-0.2, 0) is 0 Å². The summed E-state index contributed by atoms with van der Waals surface area (Å²) < 4.78 is 5.51. The molecule has 0 bridgehead atoms. The highest BCUT2D eigenvalue weighted by Gasteiger charge is 2.13. The molecule has 3 heteroatoms. The maximum atomic E-state index is 10.9. The Morgan fingerprint density at radius 2 is 1.88 bits per heavy atom. The topological polar surface area (TPSA) is 46.5 Å². The fourth-order valence-corrected chi connectivity index (χ4v) is 1.58. The van der Waals surface area contributed by atoms with Gasteiger partial charge in [-0.1, -0.05) is 13.8 Å². The summed E-state index contributed by atoms with van der Waals surface area (Å²) in [5, 5.41) is 9.72. The molecule has 1 aromatic carbocycles. The van der Waals surface area contributed by atoms with Crippen molar-refractivity contribution < 1.29 is 14.6 Å². The number of hydrogen-bond donors (Lipinski definition) is 1. The first-order valence-corrected chi connectivity index (χ1v) is 5.44. The summed E-state index contributed by atoms with van der Waals surface area (Å²) in [5.74, 6) is 0.750. The van der Waals surface area contributed by atoms with Crippen molar-refractivity contribution in [2.24, 2.45) is 0 Å². The van der Waals surface area contributed by atoms with Crippen LogP contribution in [0.2, 0.25) is 0 Å². The van der Waals surface area contributed by atoms with Gasteiger partial charge in [-0.2, -0.15) is 0 Å². The first-order chi connectivity index (χ1) is 7.45. The van der Waals surface area contributed by atoms with Crippen LogP contribution >= 0.6 is 0 Å². The lowest BCUT2D eigenvalue weighted by atomic mass is 9.97. The monoisotopic (exact) mass is 222 g/mol. The summed E-state index contributed by atoms with van der Waals surface area (Å²) in [7, 11) is 0. The third-order valence-electron chi connectivity index (χ3n) is 2.28. The fourth-order valence-electron chi connectivity index (χ4n) is 1.58. The molecule has 0 spiro atoms.